The summed E-state index contributed by atoms with van der Waals surface area (Å²) in [6.45, 7) is -0.0993. The Morgan fingerprint density at radius 2 is 0.792 bits per heavy atom. The van der Waals surface area contributed by atoms with Crippen LogP contribution in [0.5, 0.6) is 0 Å². The van der Waals surface area contributed by atoms with E-state index in [2.05, 4.69) is 0 Å². The number of aliphatic hydroxyl groups excluding tert-OH is 1. The molecule has 0 saturated carbocycles. The van der Waals surface area contributed by atoms with Gasteiger partial charge in [-0.3, -0.25) is 0 Å². The van der Waals surface area contributed by atoms with Gasteiger partial charge in [-0.1, -0.05) is 71.2 Å². The third-order valence-electron chi connectivity index (χ3n) is 4.25. The topological polar surface area (TPSA) is 20.2 Å². The molecule has 24 heavy (non-hydrogen) atoms. The first-order valence-electron chi connectivity index (χ1n) is 7.45. The first-order chi connectivity index (χ1) is 11.6. The van der Waals surface area contributed by atoms with E-state index in [4.69, 9.17) is 34.8 Å². The maximum Gasteiger partial charge on any atom is 0.0682 e. The average molecular weight is 378 g/mol. The van der Waals surface area contributed by atoms with Crippen LogP contribution in [0.1, 0.15) is 16.7 Å². The maximum absolute atomic E-state index is 10.4. The first kappa shape index (κ1) is 17.3. The SMILES string of the molecule is OCC(c1ccc(Cl)cc1)(c1ccc(Cl)cc1)c1ccc(Cl)cc1. The van der Waals surface area contributed by atoms with Crippen LogP contribution in [0.2, 0.25) is 15.1 Å². The van der Waals surface area contributed by atoms with E-state index in [1.54, 1.807) is 0 Å². The highest BCUT2D eigenvalue weighted by molar-refractivity contribution is 6.31. The zero-order chi connectivity index (χ0) is 17.2. The van der Waals surface area contributed by atoms with Crippen molar-refractivity contribution in [1.29, 1.82) is 0 Å². The number of hydrogen-bond donors (Lipinski definition) is 1. The number of rotatable bonds is 4. The molecule has 1 N–H and O–H groups in total. The van der Waals surface area contributed by atoms with Crippen molar-refractivity contribution in [3.8, 4) is 0 Å². The standard InChI is InChI=1S/C20H15Cl3O/c21-17-7-1-14(2-8-17)20(13-24,15-3-9-18(22)10-4-15)16-5-11-19(23)12-6-16/h1-12,24H,13H2. The van der Waals surface area contributed by atoms with Crippen LogP contribution in [0.15, 0.2) is 72.8 Å². The van der Waals surface area contributed by atoms with Gasteiger partial charge < -0.3 is 5.11 Å². The third-order valence-corrected chi connectivity index (χ3v) is 5.00. The molecule has 0 unspecified atom stereocenters. The summed E-state index contributed by atoms with van der Waals surface area (Å²) in [5, 5.41) is 12.4. The van der Waals surface area contributed by atoms with Gasteiger partial charge in [-0.05, 0) is 53.1 Å². The Bertz CT molecular complexity index is 698. The number of hydrogen-bond acceptors (Lipinski definition) is 1. The summed E-state index contributed by atoms with van der Waals surface area (Å²) in [5.41, 5.74) is 2.11. The van der Waals surface area contributed by atoms with E-state index in [9.17, 15) is 5.11 Å². The Hall–Kier alpha value is -1.51. The van der Waals surface area contributed by atoms with Gasteiger partial charge in [0.2, 0.25) is 0 Å². The van der Waals surface area contributed by atoms with E-state index in [1.807, 2.05) is 72.8 Å². The van der Waals surface area contributed by atoms with Gasteiger partial charge in [-0.2, -0.15) is 0 Å². The van der Waals surface area contributed by atoms with Crippen molar-refractivity contribution in [2.45, 2.75) is 5.41 Å². The predicted octanol–water partition coefficient (Wildman–Crippen LogP) is 5.97. The Balaban J connectivity index is 2.27. The quantitative estimate of drug-likeness (QED) is 0.555. The summed E-state index contributed by atoms with van der Waals surface area (Å²) < 4.78 is 0. The lowest BCUT2D eigenvalue weighted by Gasteiger charge is -2.34. The molecular formula is C20H15Cl3O. The highest BCUT2D eigenvalue weighted by Gasteiger charge is 2.35. The molecule has 0 aliphatic rings. The first-order valence-corrected chi connectivity index (χ1v) is 8.58. The van der Waals surface area contributed by atoms with Crippen molar-refractivity contribution in [1.82, 2.24) is 0 Å². The Labute approximate surface area is 156 Å². The third kappa shape index (κ3) is 3.18. The van der Waals surface area contributed by atoms with E-state index in [1.165, 1.54) is 0 Å². The van der Waals surface area contributed by atoms with Crippen molar-refractivity contribution in [3.63, 3.8) is 0 Å². The Kier molecular flexibility index (Phi) is 5.17. The fraction of sp³-hybridized carbons (Fsp3) is 0.100. The van der Waals surface area contributed by atoms with E-state index in [-0.39, 0.29) is 6.61 Å². The lowest BCUT2D eigenvalue weighted by atomic mass is 9.70. The minimum absolute atomic E-state index is 0.0993. The fourth-order valence-electron chi connectivity index (χ4n) is 2.98. The number of halogens is 3. The van der Waals surface area contributed by atoms with Gasteiger partial charge in [0.1, 0.15) is 0 Å². The predicted molar refractivity (Wildman–Crippen MR) is 101 cm³/mol. The van der Waals surface area contributed by atoms with Gasteiger partial charge in [0, 0.05) is 15.1 Å². The van der Waals surface area contributed by atoms with Gasteiger partial charge in [-0.25, -0.2) is 0 Å². The van der Waals surface area contributed by atoms with E-state index in [0.29, 0.717) is 15.1 Å². The molecule has 0 bridgehead atoms. The van der Waals surface area contributed by atoms with E-state index < -0.39 is 5.41 Å². The van der Waals surface area contributed by atoms with E-state index >= 15 is 0 Å². The van der Waals surface area contributed by atoms with Gasteiger partial charge in [0.25, 0.3) is 0 Å². The minimum atomic E-state index is -0.722. The molecule has 0 amide bonds. The summed E-state index contributed by atoms with van der Waals surface area (Å²) in [4.78, 5) is 0. The number of benzene rings is 3. The van der Waals surface area contributed by atoms with E-state index in [0.717, 1.165) is 16.7 Å². The van der Waals surface area contributed by atoms with Crippen molar-refractivity contribution >= 4 is 34.8 Å². The minimum Gasteiger partial charge on any atom is -0.395 e. The molecule has 3 aromatic carbocycles. The normalized spacial score (nSPS) is 11.5. The fourth-order valence-corrected chi connectivity index (χ4v) is 3.36. The smallest absolute Gasteiger partial charge is 0.0682 e. The summed E-state index contributed by atoms with van der Waals surface area (Å²) in [6, 6.07) is 22.6. The monoisotopic (exact) mass is 376 g/mol. The molecular weight excluding hydrogens is 363 g/mol. The molecule has 0 saturated heterocycles. The molecule has 0 atom stereocenters. The van der Waals surface area contributed by atoms with Crippen LogP contribution < -0.4 is 0 Å². The van der Waals surface area contributed by atoms with Gasteiger partial charge in [0.15, 0.2) is 0 Å². The molecule has 1 nitrogen and oxygen atoms in total. The molecule has 0 aliphatic heterocycles. The van der Waals surface area contributed by atoms with Crippen LogP contribution in [0.3, 0.4) is 0 Å². The van der Waals surface area contributed by atoms with Crippen LogP contribution in [0, 0.1) is 0 Å². The Morgan fingerprint density at radius 1 is 0.542 bits per heavy atom. The second-order valence-corrected chi connectivity index (χ2v) is 6.89. The van der Waals surface area contributed by atoms with Crippen LogP contribution in [0.4, 0.5) is 0 Å². The Morgan fingerprint density at radius 3 is 1.00 bits per heavy atom. The van der Waals surface area contributed by atoms with Gasteiger partial charge in [-0.15, -0.1) is 0 Å². The molecule has 0 heterocycles. The summed E-state index contributed by atoms with van der Waals surface area (Å²) in [7, 11) is 0. The highest BCUT2D eigenvalue weighted by Crippen LogP contribution is 2.40. The molecule has 4 heteroatoms. The van der Waals surface area contributed by atoms with Crippen molar-refractivity contribution < 1.29 is 5.11 Å². The molecule has 3 aromatic rings. The van der Waals surface area contributed by atoms with Crippen LogP contribution in [0.25, 0.3) is 0 Å². The second-order valence-electron chi connectivity index (χ2n) is 5.58. The van der Waals surface area contributed by atoms with Gasteiger partial charge >= 0.3 is 0 Å². The van der Waals surface area contributed by atoms with Gasteiger partial charge in [0.05, 0.1) is 12.0 Å². The molecule has 3 rings (SSSR count). The molecule has 0 radical (unpaired) electrons. The van der Waals surface area contributed by atoms with Crippen LogP contribution in [-0.2, 0) is 5.41 Å². The maximum atomic E-state index is 10.4. The summed E-state index contributed by atoms with van der Waals surface area (Å²) in [5.74, 6) is 0. The molecule has 122 valence electrons. The largest absolute Gasteiger partial charge is 0.395 e. The van der Waals surface area contributed by atoms with Crippen LogP contribution >= 0.6 is 34.8 Å². The second kappa shape index (κ2) is 7.16. The lowest BCUT2D eigenvalue weighted by molar-refractivity contribution is 0.243. The van der Waals surface area contributed by atoms with Crippen LogP contribution in [-0.4, -0.2) is 11.7 Å². The molecule has 0 spiro atoms. The number of aliphatic hydroxyl groups is 1. The van der Waals surface area contributed by atoms with Crippen molar-refractivity contribution in [2.24, 2.45) is 0 Å². The van der Waals surface area contributed by atoms with Crippen molar-refractivity contribution in [3.05, 3.63) is 105 Å². The zero-order valence-corrected chi connectivity index (χ0v) is 15.0. The lowest BCUT2D eigenvalue weighted by Crippen LogP contribution is -2.33. The molecule has 0 fully saturated rings. The highest BCUT2D eigenvalue weighted by atomic mass is 35.5. The summed E-state index contributed by atoms with van der Waals surface area (Å²) in [6.07, 6.45) is 0. The van der Waals surface area contributed by atoms with Crippen molar-refractivity contribution in [2.75, 3.05) is 6.61 Å². The average Bonchev–Trinajstić information content (AvgIpc) is 2.60. The molecule has 0 aliphatic carbocycles. The summed E-state index contributed by atoms with van der Waals surface area (Å²) >= 11 is 18.1. The zero-order valence-electron chi connectivity index (χ0n) is 12.7. The molecule has 0 aromatic heterocycles.